The lowest BCUT2D eigenvalue weighted by atomic mass is 9.93. The van der Waals surface area contributed by atoms with Gasteiger partial charge in [-0.05, 0) is 112 Å². The fraction of sp³-hybridized carbons (Fsp3) is 0.600. The summed E-state index contributed by atoms with van der Waals surface area (Å²) in [5.74, 6) is 0. The van der Waals surface area contributed by atoms with Crippen LogP contribution in [0.25, 0.3) is 11.1 Å². The van der Waals surface area contributed by atoms with Crippen molar-refractivity contribution in [3.63, 3.8) is 0 Å². The van der Waals surface area contributed by atoms with Gasteiger partial charge in [0.1, 0.15) is 0 Å². The van der Waals surface area contributed by atoms with Crippen LogP contribution in [0.15, 0.2) is 42.5 Å². The number of benzene rings is 2. The lowest BCUT2D eigenvalue weighted by Crippen LogP contribution is -2.36. The Kier molecular flexibility index (Phi) is 16.6. The van der Waals surface area contributed by atoms with Crippen LogP contribution in [0, 0.1) is 0 Å². The highest BCUT2D eigenvalue weighted by atomic mass is 35.5. The fourth-order valence-electron chi connectivity index (χ4n) is 4.94. The molecule has 3 rings (SSSR count). The summed E-state index contributed by atoms with van der Waals surface area (Å²) in [5, 5.41) is 6.88. The molecule has 0 saturated carbocycles. The average Bonchev–Trinajstić information content (AvgIpc) is 2.93. The van der Waals surface area contributed by atoms with Crippen molar-refractivity contribution in [3.8, 4) is 11.1 Å². The van der Waals surface area contributed by atoms with E-state index < -0.39 is 0 Å². The Labute approximate surface area is 242 Å². The number of anilines is 1. The second kappa shape index (κ2) is 19.3. The minimum Gasteiger partial charge on any atom is -0.378 e. The van der Waals surface area contributed by atoms with Crippen LogP contribution >= 0.6 is 12.4 Å². The van der Waals surface area contributed by atoms with E-state index in [1.54, 1.807) is 0 Å². The van der Waals surface area contributed by atoms with Crippen LogP contribution in [-0.2, 0) is 17.6 Å². The molecule has 8 nitrogen and oxygen atoms in total. The highest BCUT2D eigenvalue weighted by Gasteiger charge is 2.13. The zero-order valence-corrected chi connectivity index (χ0v) is 24.4. The predicted octanol–water partition coefficient (Wildman–Crippen LogP) is 2.01. The third-order valence-electron chi connectivity index (χ3n) is 7.12. The van der Waals surface area contributed by atoms with Gasteiger partial charge in [-0.1, -0.05) is 30.3 Å². The Balaban J connectivity index is 0.00000533. The molecule has 0 spiro atoms. The summed E-state index contributed by atoms with van der Waals surface area (Å²) < 4.78 is 5.51. The minimum atomic E-state index is 0. The van der Waals surface area contributed by atoms with Gasteiger partial charge >= 0.3 is 0 Å². The molecular formula is C30H52ClN7O. The predicted molar refractivity (Wildman–Crippen MR) is 168 cm³/mol. The van der Waals surface area contributed by atoms with Crippen LogP contribution in [0.5, 0.6) is 0 Å². The van der Waals surface area contributed by atoms with E-state index in [1.807, 2.05) is 0 Å². The maximum atomic E-state index is 6.55. The molecule has 1 fully saturated rings. The molecule has 1 saturated heterocycles. The molecule has 1 heterocycles. The number of hydrogen-bond acceptors (Lipinski definition) is 8. The van der Waals surface area contributed by atoms with Gasteiger partial charge in [-0.2, -0.15) is 0 Å². The molecule has 1 aliphatic heterocycles. The molecule has 2 atom stereocenters. The van der Waals surface area contributed by atoms with Gasteiger partial charge in [0.25, 0.3) is 0 Å². The Morgan fingerprint density at radius 2 is 1.23 bits per heavy atom. The van der Waals surface area contributed by atoms with Crippen LogP contribution in [0.2, 0.25) is 0 Å². The van der Waals surface area contributed by atoms with E-state index in [0.29, 0.717) is 13.1 Å². The number of nitrogens with one attached hydrogen (secondary N) is 2. The molecule has 0 bridgehead atoms. The maximum Gasteiger partial charge on any atom is 0.0642 e. The summed E-state index contributed by atoms with van der Waals surface area (Å²) in [4.78, 5) is 2.39. The number of nitrogens with zero attached hydrogens (tertiary/aromatic N) is 1. The number of rotatable bonds is 18. The highest BCUT2D eigenvalue weighted by Crippen LogP contribution is 2.27. The fourth-order valence-corrected chi connectivity index (χ4v) is 4.94. The summed E-state index contributed by atoms with van der Waals surface area (Å²) in [6.07, 6.45) is 5.56. The highest BCUT2D eigenvalue weighted by molar-refractivity contribution is 5.85. The first-order valence-electron chi connectivity index (χ1n) is 14.5. The van der Waals surface area contributed by atoms with Crippen LogP contribution in [-0.4, -0.2) is 77.7 Å². The number of ether oxygens (including phenoxy) is 1. The molecule has 0 amide bonds. The molecule has 2 aromatic rings. The maximum absolute atomic E-state index is 6.55. The van der Waals surface area contributed by atoms with Crippen molar-refractivity contribution in [1.29, 1.82) is 0 Å². The van der Waals surface area contributed by atoms with Gasteiger partial charge < -0.3 is 43.2 Å². The van der Waals surface area contributed by atoms with Gasteiger partial charge in [-0.15, -0.1) is 12.4 Å². The summed E-state index contributed by atoms with van der Waals surface area (Å²) in [7, 11) is 0. The van der Waals surface area contributed by atoms with Crippen LogP contribution in [0.4, 0.5) is 5.69 Å². The molecule has 1 aliphatic rings. The van der Waals surface area contributed by atoms with Gasteiger partial charge in [0.2, 0.25) is 0 Å². The first-order chi connectivity index (χ1) is 18.6. The van der Waals surface area contributed by atoms with E-state index in [2.05, 4.69) is 58.0 Å². The van der Waals surface area contributed by atoms with Crippen LogP contribution < -0.4 is 38.5 Å². The average molecular weight is 562 g/mol. The molecule has 2 aromatic carbocycles. The van der Waals surface area contributed by atoms with E-state index in [9.17, 15) is 0 Å². The molecule has 2 unspecified atom stereocenters. The summed E-state index contributed by atoms with van der Waals surface area (Å²) in [6, 6.07) is 16.0. The Bertz CT molecular complexity index is 868. The summed E-state index contributed by atoms with van der Waals surface area (Å²) in [5.41, 5.74) is 30.5. The second-order valence-corrected chi connectivity index (χ2v) is 10.5. The monoisotopic (exact) mass is 561 g/mol. The van der Waals surface area contributed by atoms with Crippen molar-refractivity contribution in [2.45, 2.75) is 50.6 Å². The van der Waals surface area contributed by atoms with E-state index in [0.717, 1.165) is 91.0 Å². The number of nitrogens with two attached hydrogens (primary N) is 4. The number of morpholine rings is 1. The third kappa shape index (κ3) is 12.5. The normalized spacial score (nSPS) is 15.1. The van der Waals surface area contributed by atoms with Crippen LogP contribution in [0.1, 0.15) is 36.8 Å². The smallest absolute Gasteiger partial charge is 0.0642 e. The first-order valence-corrected chi connectivity index (χ1v) is 14.5. The van der Waals surface area contributed by atoms with Crippen LogP contribution in [0.3, 0.4) is 0 Å². The number of hydrogen-bond donors (Lipinski definition) is 6. The van der Waals surface area contributed by atoms with E-state index >= 15 is 0 Å². The topological polar surface area (TPSA) is 141 Å². The minimum absolute atomic E-state index is 0. The van der Waals surface area contributed by atoms with E-state index in [-0.39, 0.29) is 24.5 Å². The van der Waals surface area contributed by atoms with Gasteiger partial charge in [0.15, 0.2) is 0 Å². The van der Waals surface area contributed by atoms with Crippen molar-refractivity contribution in [1.82, 2.24) is 10.6 Å². The Morgan fingerprint density at radius 3 is 1.72 bits per heavy atom. The molecule has 0 aliphatic carbocycles. The Morgan fingerprint density at radius 1 is 0.718 bits per heavy atom. The third-order valence-corrected chi connectivity index (χ3v) is 7.12. The summed E-state index contributed by atoms with van der Waals surface area (Å²) in [6.45, 7) is 8.62. The molecule has 220 valence electrons. The molecule has 39 heavy (non-hydrogen) atoms. The van der Waals surface area contributed by atoms with Gasteiger partial charge in [0, 0.05) is 30.9 Å². The van der Waals surface area contributed by atoms with E-state index in [1.165, 1.54) is 27.9 Å². The lowest BCUT2D eigenvalue weighted by Gasteiger charge is -2.29. The van der Waals surface area contributed by atoms with Crippen molar-refractivity contribution >= 4 is 18.1 Å². The molecule has 10 N–H and O–H groups in total. The van der Waals surface area contributed by atoms with Gasteiger partial charge in [-0.25, -0.2) is 0 Å². The molecule has 0 radical (unpaired) electrons. The van der Waals surface area contributed by atoms with Gasteiger partial charge in [0.05, 0.1) is 13.2 Å². The zero-order chi connectivity index (χ0) is 27.0. The van der Waals surface area contributed by atoms with Crippen molar-refractivity contribution in [2.75, 3.05) is 70.5 Å². The van der Waals surface area contributed by atoms with Crippen molar-refractivity contribution in [3.05, 3.63) is 53.6 Å². The largest absolute Gasteiger partial charge is 0.378 e. The number of halogens is 1. The van der Waals surface area contributed by atoms with Crippen molar-refractivity contribution in [2.24, 2.45) is 22.9 Å². The molecule has 0 aromatic heterocycles. The van der Waals surface area contributed by atoms with Gasteiger partial charge in [-0.3, -0.25) is 0 Å². The SMILES string of the molecule is Cl.NCCCNCCC(N)Cc1cc(CC(N)CCNCCCN)cc(-c2ccc(N3CCOCC3)cc2)c1. The van der Waals surface area contributed by atoms with Crippen molar-refractivity contribution < 1.29 is 4.74 Å². The quantitative estimate of drug-likeness (QED) is 0.152. The Hall–Kier alpha value is -1.75. The lowest BCUT2D eigenvalue weighted by molar-refractivity contribution is 0.122. The van der Waals surface area contributed by atoms with E-state index in [4.69, 9.17) is 27.7 Å². The molecule has 9 heteroatoms. The standard InChI is InChI=1S/C30H51N7O.ClH/c31-9-1-11-35-13-7-28(33)22-24-19-25(23-29(34)8-14-36-12-2-10-32)21-27(20-24)26-3-5-30(6-4-26)37-15-17-38-18-16-37;/h3-6,19-21,28-29,35-36H,1-2,7-18,22-23,31-34H2;1H. The molecular weight excluding hydrogens is 510 g/mol. The zero-order valence-electron chi connectivity index (χ0n) is 23.6. The summed E-state index contributed by atoms with van der Waals surface area (Å²) >= 11 is 0. The first kappa shape index (κ1) is 33.5. The second-order valence-electron chi connectivity index (χ2n) is 10.5.